The van der Waals surface area contributed by atoms with Gasteiger partial charge in [-0.1, -0.05) is 24.3 Å². The van der Waals surface area contributed by atoms with Gasteiger partial charge in [-0.2, -0.15) is 5.26 Å². The van der Waals surface area contributed by atoms with Crippen molar-refractivity contribution >= 4 is 22.4 Å². The van der Waals surface area contributed by atoms with E-state index in [1.807, 2.05) is 17.0 Å². The summed E-state index contributed by atoms with van der Waals surface area (Å²) in [5, 5.41) is 23.3. The highest BCUT2D eigenvalue weighted by molar-refractivity contribution is 6.11. The number of nitrogens with zero attached hydrogens (tertiary/aromatic N) is 2. The van der Waals surface area contributed by atoms with E-state index in [0.717, 1.165) is 31.3 Å². The maximum absolute atomic E-state index is 12.4. The maximum Gasteiger partial charge on any atom is 0.267 e. The molecule has 3 rings (SSSR count). The zero-order valence-electron chi connectivity index (χ0n) is 12.6. The number of nitriles is 1. The first kappa shape index (κ1) is 14.9. The lowest BCUT2D eigenvalue weighted by atomic mass is 10.1. The van der Waals surface area contributed by atoms with Crippen molar-refractivity contribution in [3.8, 4) is 11.8 Å². The number of likely N-dealkylation sites (tertiary alicyclic amines) is 1. The van der Waals surface area contributed by atoms with Gasteiger partial charge in [-0.15, -0.1) is 0 Å². The van der Waals surface area contributed by atoms with E-state index in [-0.39, 0.29) is 11.3 Å². The van der Waals surface area contributed by atoms with Crippen LogP contribution < -0.4 is 5.32 Å². The molecule has 0 saturated carbocycles. The normalized spacial score (nSPS) is 14.7. The maximum atomic E-state index is 12.4. The number of benzene rings is 2. The van der Waals surface area contributed by atoms with Crippen molar-refractivity contribution in [2.75, 3.05) is 18.4 Å². The molecule has 0 atom stereocenters. The van der Waals surface area contributed by atoms with Crippen LogP contribution in [0.15, 0.2) is 48.2 Å². The molecule has 0 unspecified atom stereocenters. The predicted octanol–water partition coefficient (Wildman–Crippen LogP) is 2.99. The fourth-order valence-electron chi connectivity index (χ4n) is 2.78. The van der Waals surface area contributed by atoms with Gasteiger partial charge >= 0.3 is 0 Å². The van der Waals surface area contributed by atoms with Crippen LogP contribution in [0.25, 0.3) is 10.8 Å². The van der Waals surface area contributed by atoms with Gasteiger partial charge in [-0.25, -0.2) is 0 Å². The number of phenolic OH excluding ortho intramolecular Hbond substituents is 1. The lowest BCUT2D eigenvalue weighted by molar-refractivity contribution is -0.112. The second kappa shape index (κ2) is 6.41. The molecule has 0 aliphatic carbocycles. The molecule has 1 fully saturated rings. The Hall–Kier alpha value is -3.00. The van der Waals surface area contributed by atoms with E-state index >= 15 is 0 Å². The average Bonchev–Trinajstić information content (AvgIpc) is 3.06. The molecule has 0 bridgehead atoms. The molecule has 1 heterocycles. The molecule has 1 amide bonds. The summed E-state index contributed by atoms with van der Waals surface area (Å²) in [6.45, 7) is 1.75. The van der Waals surface area contributed by atoms with Gasteiger partial charge in [0.05, 0.1) is 0 Å². The number of rotatable bonds is 3. The first-order valence-corrected chi connectivity index (χ1v) is 7.57. The van der Waals surface area contributed by atoms with E-state index in [0.29, 0.717) is 11.1 Å². The Labute approximate surface area is 134 Å². The molecule has 2 N–H and O–H groups in total. The molecule has 2 aromatic carbocycles. The van der Waals surface area contributed by atoms with E-state index in [4.69, 9.17) is 0 Å². The number of fused-ring (bicyclic) bond motifs is 1. The summed E-state index contributed by atoms with van der Waals surface area (Å²) < 4.78 is 0. The minimum absolute atomic E-state index is 0.0871. The molecule has 23 heavy (non-hydrogen) atoms. The number of anilines is 1. The molecule has 5 nitrogen and oxygen atoms in total. The second-order valence-electron chi connectivity index (χ2n) is 5.53. The fraction of sp³-hybridized carbons (Fsp3) is 0.222. The lowest BCUT2D eigenvalue weighted by Gasteiger charge is -2.13. The Bertz CT molecular complexity index is 815. The summed E-state index contributed by atoms with van der Waals surface area (Å²) in [4.78, 5) is 14.4. The molecule has 5 heteroatoms. The molecule has 0 radical (unpaired) electrons. The van der Waals surface area contributed by atoms with Crippen molar-refractivity contribution in [3.63, 3.8) is 0 Å². The summed E-state index contributed by atoms with van der Waals surface area (Å²) in [5.74, 6) is -0.276. The third-order valence-electron chi connectivity index (χ3n) is 3.96. The Morgan fingerprint density at radius 3 is 2.61 bits per heavy atom. The van der Waals surface area contributed by atoms with Crippen LogP contribution in [0.1, 0.15) is 12.8 Å². The Kier molecular flexibility index (Phi) is 4.15. The molecular weight excluding hydrogens is 290 g/mol. The standard InChI is InChI=1S/C18H17N3O2/c19-11-13(12-21-9-1-2-10-21)18(23)20-16-7-3-6-15-14(16)5-4-8-17(15)22/h3-8,12,22H,1-2,9-10H2,(H,20,23)/b13-12-. The van der Waals surface area contributed by atoms with Crippen LogP contribution in [0.4, 0.5) is 5.69 Å². The first-order chi connectivity index (χ1) is 11.2. The molecule has 2 aromatic rings. The van der Waals surface area contributed by atoms with Gasteiger partial charge in [0, 0.05) is 35.7 Å². The van der Waals surface area contributed by atoms with Gasteiger partial charge in [0.25, 0.3) is 5.91 Å². The molecule has 1 aliphatic heterocycles. The van der Waals surface area contributed by atoms with E-state index in [2.05, 4.69) is 5.32 Å². The number of carbonyl (C=O) groups excluding carboxylic acids is 1. The molecule has 0 spiro atoms. The van der Waals surface area contributed by atoms with Gasteiger partial charge in [0.1, 0.15) is 17.4 Å². The van der Waals surface area contributed by atoms with Gasteiger partial charge in [0.15, 0.2) is 0 Å². The highest BCUT2D eigenvalue weighted by Crippen LogP contribution is 2.30. The van der Waals surface area contributed by atoms with Gasteiger partial charge in [-0.3, -0.25) is 4.79 Å². The number of hydrogen-bond acceptors (Lipinski definition) is 4. The highest BCUT2D eigenvalue weighted by atomic mass is 16.3. The Morgan fingerprint density at radius 1 is 1.17 bits per heavy atom. The SMILES string of the molecule is N#C/C(=C/N1CCCC1)C(=O)Nc1cccc2c(O)cccc12. The molecule has 1 aliphatic rings. The summed E-state index contributed by atoms with van der Waals surface area (Å²) >= 11 is 0. The minimum atomic E-state index is -0.435. The summed E-state index contributed by atoms with van der Waals surface area (Å²) in [6.07, 6.45) is 3.80. The second-order valence-corrected chi connectivity index (χ2v) is 5.53. The first-order valence-electron chi connectivity index (χ1n) is 7.57. The van der Waals surface area contributed by atoms with Crippen LogP contribution in [0.2, 0.25) is 0 Å². The smallest absolute Gasteiger partial charge is 0.267 e. The third-order valence-corrected chi connectivity index (χ3v) is 3.96. The van der Waals surface area contributed by atoms with Gasteiger partial charge < -0.3 is 15.3 Å². The monoisotopic (exact) mass is 307 g/mol. The molecule has 1 saturated heterocycles. The number of phenols is 1. The minimum Gasteiger partial charge on any atom is -0.507 e. The predicted molar refractivity (Wildman–Crippen MR) is 88.7 cm³/mol. The fourth-order valence-corrected chi connectivity index (χ4v) is 2.78. The van der Waals surface area contributed by atoms with E-state index in [9.17, 15) is 15.2 Å². The summed E-state index contributed by atoms with van der Waals surface area (Å²) in [5.41, 5.74) is 0.662. The van der Waals surface area contributed by atoms with Crippen LogP contribution in [0.5, 0.6) is 5.75 Å². The summed E-state index contributed by atoms with van der Waals surface area (Å²) in [7, 11) is 0. The molecular formula is C18H17N3O2. The number of nitrogens with one attached hydrogen (secondary N) is 1. The average molecular weight is 307 g/mol. The van der Waals surface area contributed by atoms with E-state index in [1.54, 1.807) is 36.5 Å². The van der Waals surface area contributed by atoms with Crippen molar-refractivity contribution in [2.45, 2.75) is 12.8 Å². The van der Waals surface area contributed by atoms with Crippen LogP contribution in [0, 0.1) is 11.3 Å². The topological polar surface area (TPSA) is 76.4 Å². The number of carbonyl (C=O) groups is 1. The van der Waals surface area contributed by atoms with Crippen LogP contribution in [-0.4, -0.2) is 29.0 Å². The van der Waals surface area contributed by atoms with Crippen molar-refractivity contribution in [1.82, 2.24) is 4.90 Å². The quantitative estimate of drug-likeness (QED) is 0.675. The van der Waals surface area contributed by atoms with E-state index < -0.39 is 5.91 Å². The van der Waals surface area contributed by atoms with Gasteiger partial charge in [-0.05, 0) is 25.0 Å². The molecule has 116 valence electrons. The number of aromatic hydroxyl groups is 1. The van der Waals surface area contributed by atoms with Crippen molar-refractivity contribution in [1.29, 1.82) is 5.26 Å². The zero-order valence-corrected chi connectivity index (χ0v) is 12.6. The highest BCUT2D eigenvalue weighted by Gasteiger charge is 2.15. The Balaban J connectivity index is 1.88. The zero-order chi connectivity index (χ0) is 16.2. The van der Waals surface area contributed by atoms with Crippen LogP contribution >= 0.6 is 0 Å². The summed E-state index contributed by atoms with van der Waals surface area (Å²) in [6, 6.07) is 12.4. The third kappa shape index (κ3) is 3.11. The van der Waals surface area contributed by atoms with Crippen molar-refractivity contribution in [2.24, 2.45) is 0 Å². The van der Waals surface area contributed by atoms with Crippen LogP contribution in [-0.2, 0) is 4.79 Å². The Morgan fingerprint density at radius 2 is 1.87 bits per heavy atom. The van der Waals surface area contributed by atoms with Crippen LogP contribution in [0.3, 0.4) is 0 Å². The largest absolute Gasteiger partial charge is 0.507 e. The molecule has 0 aromatic heterocycles. The van der Waals surface area contributed by atoms with Crippen molar-refractivity contribution < 1.29 is 9.90 Å². The number of amides is 1. The lowest BCUT2D eigenvalue weighted by Crippen LogP contribution is -2.18. The van der Waals surface area contributed by atoms with Crippen molar-refractivity contribution in [3.05, 3.63) is 48.2 Å². The number of hydrogen-bond donors (Lipinski definition) is 2. The van der Waals surface area contributed by atoms with E-state index in [1.165, 1.54) is 0 Å². The van der Waals surface area contributed by atoms with Gasteiger partial charge in [0.2, 0.25) is 0 Å².